The van der Waals surface area contributed by atoms with E-state index < -0.39 is 22.9 Å². The van der Waals surface area contributed by atoms with Crippen LogP contribution in [0.25, 0.3) is 17.0 Å². The maximum absolute atomic E-state index is 13.5. The second kappa shape index (κ2) is 8.86. The fraction of sp³-hybridized carbons (Fsp3) is 0.136. The number of aromatic nitrogens is 5. The number of hydrogen-bond donors (Lipinski definition) is 1. The number of carbonyl (C=O) groups is 2. The van der Waals surface area contributed by atoms with Crippen LogP contribution in [0.1, 0.15) is 22.4 Å². The van der Waals surface area contributed by atoms with Gasteiger partial charge < -0.3 is 0 Å². The Kier molecular flexibility index (Phi) is 5.85. The number of fused-ring (bicyclic) bond motifs is 1. The Morgan fingerprint density at radius 3 is 2.69 bits per heavy atom. The second-order valence-electron chi connectivity index (χ2n) is 7.65. The summed E-state index contributed by atoms with van der Waals surface area (Å²) in [5, 5.41) is 14.4. The van der Waals surface area contributed by atoms with Crippen molar-refractivity contribution in [3.8, 4) is 0 Å². The van der Waals surface area contributed by atoms with Crippen molar-refractivity contribution in [3.05, 3.63) is 81.1 Å². The molecule has 2 amide bonds. The quantitative estimate of drug-likeness (QED) is 0.369. The lowest BCUT2D eigenvalue weighted by Gasteiger charge is -2.14. The first-order valence-corrected chi connectivity index (χ1v) is 11.3. The van der Waals surface area contributed by atoms with Crippen LogP contribution in [0.15, 0.2) is 53.7 Å². The average molecular weight is 519 g/mol. The van der Waals surface area contributed by atoms with Crippen molar-refractivity contribution >= 4 is 51.5 Å². The van der Waals surface area contributed by atoms with Crippen LogP contribution >= 0.6 is 23.4 Å². The third-order valence-corrected chi connectivity index (χ3v) is 6.46. The molecule has 0 saturated carbocycles. The maximum Gasteiger partial charge on any atom is 0.416 e. The number of H-pyrrole nitrogens is 1. The van der Waals surface area contributed by atoms with E-state index in [1.165, 1.54) is 29.2 Å². The molecular weight excluding hydrogens is 505 g/mol. The minimum absolute atomic E-state index is 0.00137. The number of thioether (sulfide) groups is 1. The van der Waals surface area contributed by atoms with Gasteiger partial charge in [-0.2, -0.15) is 18.3 Å². The van der Waals surface area contributed by atoms with E-state index in [2.05, 4.69) is 20.5 Å². The van der Waals surface area contributed by atoms with Gasteiger partial charge in [-0.3, -0.25) is 24.3 Å². The number of alkyl halides is 3. The summed E-state index contributed by atoms with van der Waals surface area (Å²) in [6, 6.07) is 8.80. The molecule has 5 rings (SSSR count). The first-order chi connectivity index (χ1) is 16.7. The van der Waals surface area contributed by atoms with E-state index in [0.29, 0.717) is 22.2 Å². The van der Waals surface area contributed by atoms with Crippen LogP contribution in [-0.4, -0.2) is 41.2 Å². The second-order valence-corrected chi connectivity index (χ2v) is 9.08. The zero-order chi connectivity index (χ0) is 24.7. The highest BCUT2D eigenvalue weighted by molar-refractivity contribution is 8.18. The Morgan fingerprint density at radius 2 is 1.94 bits per heavy atom. The number of aromatic amines is 1. The maximum atomic E-state index is 13.5. The molecule has 35 heavy (non-hydrogen) atoms. The lowest BCUT2D eigenvalue weighted by Crippen LogP contribution is -2.27. The number of imide groups is 1. The summed E-state index contributed by atoms with van der Waals surface area (Å²) in [5.74, 6) is -0.443. The summed E-state index contributed by atoms with van der Waals surface area (Å²) in [6.45, 7) is -0.0925. The number of carbonyl (C=O) groups excluding carboxylic acids is 2. The topological polar surface area (TPSA) is 96.8 Å². The molecule has 3 heterocycles. The standard InChI is InChI=1S/C22H14ClF3N6O2S/c23-15-3-2-13(17(7-15)22(24,25)26)10-32-18-4-1-12(5-14(18)8-28-32)6-19-20(33)31(21(34)35-19)11-16-9-27-30-29-16/h1-9H,10-11H2,(H,27,29,30)/b19-6-. The average Bonchev–Trinajstić information content (AvgIpc) is 3.52. The zero-order valence-electron chi connectivity index (χ0n) is 17.6. The molecule has 1 saturated heterocycles. The van der Waals surface area contributed by atoms with Gasteiger partial charge in [0.2, 0.25) is 0 Å². The van der Waals surface area contributed by atoms with Gasteiger partial charge in [-0.05, 0) is 53.2 Å². The fourth-order valence-corrected chi connectivity index (χ4v) is 4.70. The molecule has 1 aliphatic heterocycles. The van der Waals surface area contributed by atoms with Gasteiger partial charge in [0.1, 0.15) is 5.69 Å². The molecule has 1 fully saturated rings. The van der Waals surface area contributed by atoms with E-state index in [1.807, 2.05) is 0 Å². The Bertz CT molecular complexity index is 1480. The van der Waals surface area contributed by atoms with Crippen molar-refractivity contribution in [2.24, 2.45) is 0 Å². The summed E-state index contributed by atoms with van der Waals surface area (Å²) in [7, 11) is 0. The van der Waals surface area contributed by atoms with Crippen molar-refractivity contribution in [3.63, 3.8) is 0 Å². The number of nitrogens with one attached hydrogen (secondary N) is 1. The van der Waals surface area contributed by atoms with Gasteiger partial charge in [0.05, 0.1) is 35.3 Å². The highest BCUT2D eigenvalue weighted by Gasteiger charge is 2.36. The zero-order valence-corrected chi connectivity index (χ0v) is 19.2. The molecule has 2 aromatic heterocycles. The third kappa shape index (κ3) is 4.66. The number of nitrogens with zero attached hydrogens (tertiary/aromatic N) is 5. The molecule has 0 spiro atoms. The van der Waals surface area contributed by atoms with E-state index in [1.54, 1.807) is 24.3 Å². The van der Waals surface area contributed by atoms with E-state index in [-0.39, 0.29) is 28.6 Å². The molecule has 1 aliphatic rings. The van der Waals surface area contributed by atoms with Gasteiger partial charge in [0, 0.05) is 16.6 Å². The highest BCUT2D eigenvalue weighted by atomic mass is 35.5. The summed E-state index contributed by atoms with van der Waals surface area (Å²) >= 11 is 6.58. The molecule has 178 valence electrons. The van der Waals surface area contributed by atoms with Crippen LogP contribution in [0.4, 0.5) is 18.0 Å². The third-order valence-electron chi connectivity index (χ3n) is 5.32. The van der Waals surface area contributed by atoms with Crippen LogP contribution < -0.4 is 0 Å². The van der Waals surface area contributed by atoms with Crippen LogP contribution in [0.2, 0.25) is 5.02 Å². The summed E-state index contributed by atoms with van der Waals surface area (Å²) in [5.41, 5.74) is 0.941. The first kappa shape index (κ1) is 23.1. The molecule has 4 aromatic rings. The molecular formula is C22H14ClF3N6O2S. The Morgan fingerprint density at radius 1 is 1.11 bits per heavy atom. The molecule has 0 unspecified atom stereocenters. The van der Waals surface area contributed by atoms with E-state index >= 15 is 0 Å². The van der Waals surface area contributed by atoms with Crippen LogP contribution in [0.5, 0.6) is 0 Å². The van der Waals surface area contributed by atoms with Crippen molar-refractivity contribution in [2.45, 2.75) is 19.3 Å². The normalized spacial score (nSPS) is 15.7. The predicted molar refractivity (Wildman–Crippen MR) is 123 cm³/mol. The number of benzene rings is 2. The highest BCUT2D eigenvalue weighted by Crippen LogP contribution is 2.35. The molecule has 8 nitrogen and oxygen atoms in total. The SMILES string of the molecule is O=C1S/C(=C\c2ccc3c(cnn3Cc3ccc(Cl)cc3C(F)(F)F)c2)C(=O)N1Cc1c[nH]nn1. The smallest absolute Gasteiger partial charge is 0.268 e. The van der Waals surface area contributed by atoms with Gasteiger partial charge in [-0.25, -0.2) is 0 Å². The molecule has 0 bridgehead atoms. The van der Waals surface area contributed by atoms with Crippen molar-refractivity contribution in [1.29, 1.82) is 0 Å². The largest absolute Gasteiger partial charge is 0.416 e. The van der Waals surface area contributed by atoms with E-state index in [0.717, 1.165) is 22.7 Å². The summed E-state index contributed by atoms with van der Waals surface area (Å²) in [6.07, 6.45) is 0.0742. The summed E-state index contributed by atoms with van der Waals surface area (Å²) < 4.78 is 41.8. The minimum Gasteiger partial charge on any atom is -0.268 e. The van der Waals surface area contributed by atoms with Crippen LogP contribution in [0, 0.1) is 0 Å². The van der Waals surface area contributed by atoms with Crippen molar-refractivity contribution in [1.82, 2.24) is 30.1 Å². The number of halogens is 4. The predicted octanol–water partition coefficient (Wildman–Crippen LogP) is 5.11. The van der Waals surface area contributed by atoms with Crippen molar-refractivity contribution in [2.75, 3.05) is 0 Å². The fourth-order valence-electron chi connectivity index (χ4n) is 3.69. The monoisotopic (exact) mass is 518 g/mol. The van der Waals surface area contributed by atoms with Gasteiger partial charge in [0.15, 0.2) is 0 Å². The first-order valence-electron chi connectivity index (χ1n) is 10.1. The molecule has 1 N–H and O–H groups in total. The number of amides is 2. The van der Waals surface area contributed by atoms with E-state index in [9.17, 15) is 22.8 Å². The number of rotatable bonds is 5. The van der Waals surface area contributed by atoms with Gasteiger partial charge in [-0.15, -0.1) is 5.10 Å². The van der Waals surface area contributed by atoms with Crippen LogP contribution in [0.3, 0.4) is 0 Å². The van der Waals surface area contributed by atoms with Crippen molar-refractivity contribution < 1.29 is 22.8 Å². The van der Waals surface area contributed by atoms with Gasteiger partial charge in [-0.1, -0.05) is 28.9 Å². The molecule has 0 radical (unpaired) electrons. The minimum atomic E-state index is -4.55. The molecule has 13 heteroatoms. The molecule has 2 aromatic carbocycles. The molecule has 0 aliphatic carbocycles. The van der Waals surface area contributed by atoms with E-state index in [4.69, 9.17) is 11.6 Å². The molecule has 0 atom stereocenters. The summed E-state index contributed by atoms with van der Waals surface area (Å²) in [4.78, 5) is 26.3. The lowest BCUT2D eigenvalue weighted by atomic mass is 10.1. The number of hydrogen-bond acceptors (Lipinski definition) is 6. The lowest BCUT2D eigenvalue weighted by molar-refractivity contribution is -0.138. The Labute approximate surface area is 204 Å². The van der Waals surface area contributed by atoms with Gasteiger partial charge >= 0.3 is 6.18 Å². The Balaban J connectivity index is 1.40. The van der Waals surface area contributed by atoms with Gasteiger partial charge in [0.25, 0.3) is 11.1 Å². The van der Waals surface area contributed by atoms with Crippen LogP contribution in [-0.2, 0) is 24.1 Å². The Hall–Kier alpha value is -3.64.